The normalized spacial score (nSPS) is 21.3. The summed E-state index contributed by atoms with van der Waals surface area (Å²) in [5.41, 5.74) is 5.60. The zero-order chi connectivity index (χ0) is 11.3. The lowest BCUT2D eigenvalue weighted by molar-refractivity contribution is 0.171. The van der Waals surface area contributed by atoms with E-state index in [2.05, 4.69) is 18.9 Å². The number of thiocarbonyl (C=S) groups is 1. The molecule has 0 radical (unpaired) electrons. The maximum atomic E-state index is 5.60. The van der Waals surface area contributed by atoms with E-state index in [0.717, 1.165) is 12.5 Å². The minimum Gasteiger partial charge on any atom is -0.393 e. The summed E-state index contributed by atoms with van der Waals surface area (Å²) in [6.45, 7) is 2.23. The minimum absolute atomic E-state index is 0.491. The van der Waals surface area contributed by atoms with Crippen LogP contribution in [0, 0.1) is 0 Å². The first kappa shape index (κ1) is 12.9. The van der Waals surface area contributed by atoms with E-state index >= 15 is 0 Å². The maximum absolute atomic E-state index is 5.60. The Labute approximate surface area is 99.2 Å². The second-order valence-electron chi connectivity index (χ2n) is 4.83. The van der Waals surface area contributed by atoms with Crippen LogP contribution in [0.4, 0.5) is 0 Å². The molecule has 0 saturated heterocycles. The van der Waals surface area contributed by atoms with Gasteiger partial charge in [-0.2, -0.15) is 0 Å². The molecule has 2 nitrogen and oxygen atoms in total. The highest BCUT2D eigenvalue weighted by Gasteiger charge is 2.21. The molecule has 1 unspecified atom stereocenters. The van der Waals surface area contributed by atoms with Crippen molar-refractivity contribution in [1.29, 1.82) is 0 Å². The average Bonchev–Trinajstić information content (AvgIpc) is 2.43. The summed E-state index contributed by atoms with van der Waals surface area (Å²) in [4.78, 5) is 3.12. The standard InChI is InChI=1S/C12H24N2S/c1-10(9-12(13)15)14(2)11-7-5-3-4-6-8-11/h10-11H,3-9H2,1-2H3,(H2,13,15). The Morgan fingerprint density at radius 3 is 2.33 bits per heavy atom. The Kier molecular flexibility index (Phi) is 5.54. The molecule has 15 heavy (non-hydrogen) atoms. The lowest BCUT2D eigenvalue weighted by Gasteiger charge is -2.32. The van der Waals surface area contributed by atoms with Gasteiger partial charge in [0.25, 0.3) is 0 Å². The average molecular weight is 228 g/mol. The third kappa shape index (κ3) is 4.47. The van der Waals surface area contributed by atoms with Crippen LogP contribution >= 0.6 is 12.2 Å². The van der Waals surface area contributed by atoms with Gasteiger partial charge in [0.15, 0.2) is 0 Å². The van der Waals surface area contributed by atoms with Crippen molar-refractivity contribution in [2.45, 2.75) is 64.0 Å². The predicted molar refractivity (Wildman–Crippen MR) is 70.1 cm³/mol. The van der Waals surface area contributed by atoms with E-state index < -0.39 is 0 Å². The molecule has 2 N–H and O–H groups in total. The van der Waals surface area contributed by atoms with Gasteiger partial charge in [0, 0.05) is 18.5 Å². The molecule has 1 saturated carbocycles. The summed E-state index contributed by atoms with van der Waals surface area (Å²) >= 11 is 4.97. The first-order chi connectivity index (χ1) is 7.11. The zero-order valence-corrected chi connectivity index (χ0v) is 10.9. The largest absolute Gasteiger partial charge is 0.393 e. The highest BCUT2D eigenvalue weighted by atomic mass is 32.1. The molecule has 88 valence electrons. The summed E-state index contributed by atoms with van der Waals surface area (Å²) in [6.07, 6.45) is 9.13. The van der Waals surface area contributed by atoms with Crippen molar-refractivity contribution in [3.63, 3.8) is 0 Å². The van der Waals surface area contributed by atoms with Crippen LogP contribution in [-0.4, -0.2) is 29.0 Å². The first-order valence-corrected chi connectivity index (χ1v) is 6.52. The summed E-state index contributed by atoms with van der Waals surface area (Å²) in [6, 6.07) is 1.24. The van der Waals surface area contributed by atoms with Crippen LogP contribution in [0.1, 0.15) is 51.9 Å². The van der Waals surface area contributed by atoms with Crippen molar-refractivity contribution in [3.05, 3.63) is 0 Å². The Balaban J connectivity index is 2.42. The van der Waals surface area contributed by atoms with Crippen LogP contribution < -0.4 is 5.73 Å². The van der Waals surface area contributed by atoms with Gasteiger partial charge in [0.1, 0.15) is 0 Å². The fourth-order valence-electron chi connectivity index (χ4n) is 2.46. The van der Waals surface area contributed by atoms with Crippen molar-refractivity contribution >= 4 is 17.2 Å². The Hall–Kier alpha value is -0.150. The molecule has 0 heterocycles. The number of nitrogens with zero attached hydrogens (tertiary/aromatic N) is 1. The summed E-state index contributed by atoms with van der Waals surface area (Å²) in [5, 5.41) is 0. The molecule has 0 aromatic carbocycles. The smallest absolute Gasteiger partial charge is 0.0742 e. The van der Waals surface area contributed by atoms with Crippen LogP contribution in [0.5, 0.6) is 0 Å². The van der Waals surface area contributed by atoms with Crippen molar-refractivity contribution in [2.75, 3.05) is 7.05 Å². The fourth-order valence-corrected chi connectivity index (χ4v) is 2.70. The highest BCUT2D eigenvalue weighted by molar-refractivity contribution is 7.80. The van der Waals surface area contributed by atoms with Gasteiger partial charge < -0.3 is 10.6 Å². The molecular formula is C12H24N2S. The van der Waals surface area contributed by atoms with Crippen LogP contribution in [0.3, 0.4) is 0 Å². The Morgan fingerprint density at radius 1 is 1.33 bits per heavy atom. The van der Waals surface area contributed by atoms with E-state index in [9.17, 15) is 0 Å². The Morgan fingerprint density at radius 2 is 1.87 bits per heavy atom. The third-order valence-electron chi connectivity index (χ3n) is 3.59. The van der Waals surface area contributed by atoms with Crippen molar-refractivity contribution in [1.82, 2.24) is 4.90 Å². The third-order valence-corrected chi connectivity index (χ3v) is 3.76. The summed E-state index contributed by atoms with van der Waals surface area (Å²) < 4.78 is 0. The molecule has 1 aliphatic rings. The van der Waals surface area contributed by atoms with E-state index in [0.29, 0.717) is 11.0 Å². The SMILES string of the molecule is CC(CC(N)=S)N(C)C1CCCCCC1. The summed E-state index contributed by atoms with van der Waals surface area (Å²) in [5.74, 6) is 0. The molecule has 0 bridgehead atoms. The van der Waals surface area contributed by atoms with E-state index in [-0.39, 0.29) is 0 Å². The number of hydrogen-bond acceptors (Lipinski definition) is 2. The Bertz CT molecular complexity index is 198. The van der Waals surface area contributed by atoms with Crippen molar-refractivity contribution in [3.8, 4) is 0 Å². The van der Waals surface area contributed by atoms with Crippen LogP contribution in [0.2, 0.25) is 0 Å². The zero-order valence-electron chi connectivity index (χ0n) is 10.0. The van der Waals surface area contributed by atoms with Gasteiger partial charge in [0.2, 0.25) is 0 Å². The molecule has 1 rings (SSSR count). The van der Waals surface area contributed by atoms with E-state index in [1.54, 1.807) is 0 Å². The molecule has 0 aromatic heterocycles. The second-order valence-corrected chi connectivity index (χ2v) is 5.35. The monoisotopic (exact) mass is 228 g/mol. The molecule has 1 aliphatic carbocycles. The molecule has 0 amide bonds. The maximum Gasteiger partial charge on any atom is 0.0742 e. The van der Waals surface area contributed by atoms with Crippen LogP contribution in [0.15, 0.2) is 0 Å². The van der Waals surface area contributed by atoms with E-state index in [4.69, 9.17) is 18.0 Å². The number of rotatable bonds is 4. The second kappa shape index (κ2) is 6.44. The van der Waals surface area contributed by atoms with Gasteiger partial charge in [-0.05, 0) is 26.8 Å². The molecule has 1 atom stereocenters. The van der Waals surface area contributed by atoms with Gasteiger partial charge >= 0.3 is 0 Å². The number of nitrogens with two attached hydrogens (primary N) is 1. The minimum atomic E-state index is 0.491. The van der Waals surface area contributed by atoms with Crippen molar-refractivity contribution < 1.29 is 0 Å². The fraction of sp³-hybridized carbons (Fsp3) is 0.917. The van der Waals surface area contributed by atoms with Crippen molar-refractivity contribution in [2.24, 2.45) is 5.73 Å². The van der Waals surface area contributed by atoms with E-state index in [1.807, 2.05) is 0 Å². The number of hydrogen-bond donors (Lipinski definition) is 1. The summed E-state index contributed by atoms with van der Waals surface area (Å²) in [7, 11) is 2.22. The molecular weight excluding hydrogens is 204 g/mol. The molecule has 3 heteroatoms. The quantitative estimate of drug-likeness (QED) is 0.592. The van der Waals surface area contributed by atoms with Crippen LogP contribution in [0.25, 0.3) is 0 Å². The van der Waals surface area contributed by atoms with Gasteiger partial charge in [-0.25, -0.2) is 0 Å². The molecule has 0 aromatic rings. The molecule has 0 aliphatic heterocycles. The highest BCUT2D eigenvalue weighted by Crippen LogP contribution is 2.22. The molecule has 1 fully saturated rings. The van der Waals surface area contributed by atoms with Gasteiger partial charge in [-0.3, -0.25) is 0 Å². The lowest BCUT2D eigenvalue weighted by Crippen LogP contribution is -2.40. The van der Waals surface area contributed by atoms with Gasteiger partial charge in [0.05, 0.1) is 4.99 Å². The lowest BCUT2D eigenvalue weighted by atomic mass is 10.0. The van der Waals surface area contributed by atoms with Gasteiger partial charge in [-0.15, -0.1) is 0 Å². The predicted octanol–water partition coefficient (Wildman–Crippen LogP) is 2.71. The molecule has 0 spiro atoms. The topological polar surface area (TPSA) is 29.3 Å². The first-order valence-electron chi connectivity index (χ1n) is 6.11. The van der Waals surface area contributed by atoms with Crippen LogP contribution in [-0.2, 0) is 0 Å². The van der Waals surface area contributed by atoms with Gasteiger partial charge in [-0.1, -0.05) is 37.9 Å². The van der Waals surface area contributed by atoms with E-state index in [1.165, 1.54) is 38.5 Å².